The van der Waals surface area contributed by atoms with Gasteiger partial charge in [-0.2, -0.15) is 0 Å². The van der Waals surface area contributed by atoms with Crippen molar-refractivity contribution in [1.29, 1.82) is 0 Å². The number of thiazole rings is 1. The van der Waals surface area contributed by atoms with Crippen LogP contribution in [0.25, 0.3) is 0 Å². The molecule has 128 valence electrons. The summed E-state index contributed by atoms with van der Waals surface area (Å²) in [6.07, 6.45) is 1.46. The zero-order valence-corrected chi connectivity index (χ0v) is 14.9. The van der Waals surface area contributed by atoms with Crippen LogP contribution in [0.4, 0.5) is 10.8 Å². The molecule has 0 unspecified atom stereocenters. The van der Waals surface area contributed by atoms with Crippen molar-refractivity contribution in [3.05, 3.63) is 40.9 Å². The van der Waals surface area contributed by atoms with Crippen LogP contribution in [0.3, 0.4) is 0 Å². The van der Waals surface area contributed by atoms with E-state index in [0.29, 0.717) is 18.2 Å². The molecule has 1 fully saturated rings. The number of carbonyl (C=O) groups is 1. The highest BCUT2D eigenvalue weighted by Crippen LogP contribution is 2.32. The summed E-state index contributed by atoms with van der Waals surface area (Å²) in [4.78, 5) is 20.8. The number of hydrogen-bond acceptors (Lipinski definition) is 5. The van der Waals surface area contributed by atoms with Crippen molar-refractivity contribution in [3.63, 3.8) is 0 Å². The molecule has 0 aliphatic carbocycles. The number of aryl methyl sites for hydroxylation is 1. The van der Waals surface area contributed by atoms with Crippen LogP contribution in [0.5, 0.6) is 0 Å². The maximum atomic E-state index is 12.3. The lowest BCUT2D eigenvalue weighted by Crippen LogP contribution is -2.24. The lowest BCUT2D eigenvalue weighted by molar-refractivity contribution is -0.115. The Morgan fingerprint density at radius 1 is 1.46 bits per heavy atom. The van der Waals surface area contributed by atoms with Gasteiger partial charge >= 0.3 is 0 Å². The first-order valence-corrected chi connectivity index (χ1v) is 9.20. The summed E-state index contributed by atoms with van der Waals surface area (Å²) in [5.74, 6) is -0.0339. The Labute approximate surface area is 146 Å². The number of hydrogen-bond donors (Lipinski definition) is 1. The number of likely N-dealkylation sites (tertiary alicyclic amines) is 1. The van der Waals surface area contributed by atoms with E-state index in [1.807, 2.05) is 29.6 Å². The summed E-state index contributed by atoms with van der Waals surface area (Å²) in [7, 11) is 0. The summed E-state index contributed by atoms with van der Waals surface area (Å²) in [5.41, 5.74) is 2.99. The number of aliphatic hydroxyl groups is 1. The molecule has 2 aromatic rings. The van der Waals surface area contributed by atoms with E-state index in [4.69, 9.17) is 0 Å². The van der Waals surface area contributed by atoms with Crippen LogP contribution in [0.2, 0.25) is 0 Å². The Balaban J connectivity index is 1.83. The topological polar surface area (TPSA) is 56.7 Å². The highest BCUT2D eigenvalue weighted by Gasteiger charge is 2.23. The predicted octanol–water partition coefficient (Wildman–Crippen LogP) is 2.96. The fraction of sp³-hybridized carbons (Fsp3) is 0.444. The van der Waals surface area contributed by atoms with Gasteiger partial charge < -0.3 is 5.11 Å². The number of β-amino-alcohol motifs (C(OH)–C–C–N with tert-alkyl or cyclic N) is 1. The van der Waals surface area contributed by atoms with Crippen LogP contribution >= 0.6 is 11.3 Å². The number of rotatable bonds is 5. The summed E-state index contributed by atoms with van der Waals surface area (Å²) < 4.78 is 0. The first-order valence-electron chi connectivity index (χ1n) is 8.32. The quantitative estimate of drug-likeness (QED) is 0.905. The van der Waals surface area contributed by atoms with Crippen LogP contribution < -0.4 is 4.90 Å². The molecule has 6 heteroatoms. The molecule has 1 atom stereocenters. The van der Waals surface area contributed by atoms with Crippen molar-refractivity contribution in [2.75, 3.05) is 18.0 Å². The SMILES string of the molecule is CCc1ccccc1N(C(C)=O)c1nc(CN2CC[C@H](O)C2)cs1. The van der Waals surface area contributed by atoms with Crippen molar-refractivity contribution >= 4 is 28.1 Å². The van der Waals surface area contributed by atoms with Gasteiger partial charge in [0.05, 0.1) is 17.5 Å². The summed E-state index contributed by atoms with van der Waals surface area (Å²) >= 11 is 1.49. The number of aromatic nitrogens is 1. The Hall–Kier alpha value is -1.76. The molecular formula is C18H23N3O2S. The number of anilines is 2. The van der Waals surface area contributed by atoms with Crippen LogP contribution in [0.15, 0.2) is 29.6 Å². The largest absolute Gasteiger partial charge is 0.392 e. The lowest BCUT2D eigenvalue weighted by Gasteiger charge is -2.21. The van der Waals surface area contributed by atoms with Crippen LogP contribution in [-0.2, 0) is 17.8 Å². The standard InChI is InChI=1S/C18H23N3O2S/c1-3-14-6-4-5-7-17(14)21(13(2)22)18-19-15(12-24-18)10-20-9-8-16(23)11-20/h4-7,12,16,23H,3,8-11H2,1-2H3/t16-/m0/s1. The van der Waals surface area contributed by atoms with Crippen molar-refractivity contribution in [2.24, 2.45) is 0 Å². The lowest BCUT2D eigenvalue weighted by atomic mass is 10.1. The summed E-state index contributed by atoms with van der Waals surface area (Å²) in [6, 6.07) is 7.96. The van der Waals surface area contributed by atoms with E-state index in [9.17, 15) is 9.90 Å². The average Bonchev–Trinajstić information content (AvgIpc) is 3.17. The van der Waals surface area contributed by atoms with Gasteiger partial charge in [-0.3, -0.25) is 14.6 Å². The minimum absolute atomic E-state index is 0.0339. The highest BCUT2D eigenvalue weighted by molar-refractivity contribution is 7.14. The maximum Gasteiger partial charge on any atom is 0.230 e. The van der Waals surface area contributed by atoms with E-state index in [2.05, 4.69) is 16.8 Å². The molecule has 1 aliphatic rings. The Morgan fingerprint density at radius 3 is 2.92 bits per heavy atom. The molecule has 2 heterocycles. The third kappa shape index (κ3) is 3.66. The Bertz CT molecular complexity index is 716. The average molecular weight is 345 g/mol. The first kappa shape index (κ1) is 17.1. The fourth-order valence-electron chi connectivity index (χ4n) is 3.09. The Kier molecular flexibility index (Phi) is 5.28. The van der Waals surface area contributed by atoms with E-state index >= 15 is 0 Å². The molecule has 1 aromatic carbocycles. The molecule has 1 aromatic heterocycles. The predicted molar refractivity (Wildman–Crippen MR) is 96.7 cm³/mol. The monoisotopic (exact) mass is 345 g/mol. The van der Waals surface area contributed by atoms with E-state index < -0.39 is 0 Å². The number of nitrogens with zero attached hydrogens (tertiary/aromatic N) is 3. The second-order valence-corrected chi connectivity index (χ2v) is 6.97. The molecule has 1 amide bonds. The molecule has 1 N–H and O–H groups in total. The van der Waals surface area contributed by atoms with E-state index in [0.717, 1.165) is 36.3 Å². The minimum atomic E-state index is -0.228. The number of carbonyl (C=O) groups excluding carboxylic acids is 1. The van der Waals surface area contributed by atoms with Crippen LogP contribution in [0, 0.1) is 0 Å². The van der Waals surface area contributed by atoms with Crippen LogP contribution in [0.1, 0.15) is 31.5 Å². The second kappa shape index (κ2) is 7.42. The van der Waals surface area contributed by atoms with E-state index in [1.165, 1.54) is 11.3 Å². The fourth-order valence-corrected chi connectivity index (χ4v) is 3.96. The summed E-state index contributed by atoms with van der Waals surface area (Å²) in [5, 5.41) is 12.3. The zero-order chi connectivity index (χ0) is 17.1. The second-order valence-electron chi connectivity index (χ2n) is 6.14. The Morgan fingerprint density at radius 2 is 2.25 bits per heavy atom. The van der Waals surface area contributed by atoms with Gasteiger partial charge in [0, 0.05) is 31.9 Å². The minimum Gasteiger partial charge on any atom is -0.392 e. The van der Waals surface area contributed by atoms with Crippen molar-refractivity contribution < 1.29 is 9.90 Å². The molecular weight excluding hydrogens is 322 g/mol. The number of amides is 1. The molecule has 0 radical (unpaired) electrons. The molecule has 1 saturated heterocycles. The van der Waals surface area contributed by atoms with E-state index in [1.54, 1.807) is 11.8 Å². The third-order valence-electron chi connectivity index (χ3n) is 4.29. The molecule has 0 bridgehead atoms. The van der Waals surface area contributed by atoms with Gasteiger partial charge in [-0.05, 0) is 24.5 Å². The smallest absolute Gasteiger partial charge is 0.230 e. The van der Waals surface area contributed by atoms with Crippen LogP contribution in [-0.4, -0.2) is 40.1 Å². The third-order valence-corrected chi connectivity index (χ3v) is 5.17. The molecule has 3 rings (SSSR count). The van der Waals surface area contributed by atoms with Gasteiger partial charge in [0.25, 0.3) is 0 Å². The van der Waals surface area contributed by atoms with Gasteiger partial charge in [0.1, 0.15) is 0 Å². The maximum absolute atomic E-state index is 12.3. The first-order chi connectivity index (χ1) is 11.6. The molecule has 5 nitrogen and oxygen atoms in total. The van der Waals surface area contributed by atoms with Gasteiger partial charge in [-0.1, -0.05) is 25.1 Å². The van der Waals surface area contributed by atoms with Gasteiger partial charge in [-0.25, -0.2) is 4.98 Å². The van der Waals surface area contributed by atoms with Crippen molar-refractivity contribution in [1.82, 2.24) is 9.88 Å². The number of para-hydroxylation sites is 1. The number of aliphatic hydroxyl groups excluding tert-OH is 1. The van der Waals surface area contributed by atoms with Gasteiger partial charge in [0.15, 0.2) is 5.13 Å². The normalized spacial score (nSPS) is 18.0. The summed E-state index contributed by atoms with van der Waals surface area (Å²) in [6.45, 7) is 5.97. The molecule has 1 aliphatic heterocycles. The highest BCUT2D eigenvalue weighted by atomic mass is 32.1. The van der Waals surface area contributed by atoms with Crippen molar-refractivity contribution in [2.45, 2.75) is 39.3 Å². The molecule has 0 spiro atoms. The zero-order valence-electron chi connectivity index (χ0n) is 14.1. The van der Waals surface area contributed by atoms with E-state index in [-0.39, 0.29) is 12.0 Å². The molecule has 0 saturated carbocycles. The van der Waals surface area contributed by atoms with Crippen molar-refractivity contribution in [3.8, 4) is 0 Å². The molecule has 24 heavy (non-hydrogen) atoms. The number of benzene rings is 1. The van der Waals surface area contributed by atoms with Gasteiger partial charge in [-0.15, -0.1) is 11.3 Å². The van der Waals surface area contributed by atoms with Gasteiger partial charge in [0.2, 0.25) is 5.91 Å².